The molecule has 15 heavy (non-hydrogen) atoms. The van der Waals surface area contributed by atoms with Crippen molar-refractivity contribution >= 4 is 12.2 Å². The second-order valence-corrected chi connectivity index (χ2v) is 3.20. The zero-order valence-corrected chi connectivity index (χ0v) is 9.99. The lowest BCUT2D eigenvalue weighted by Gasteiger charge is -2.09. The summed E-state index contributed by atoms with van der Waals surface area (Å²) in [5.74, 6) is 0.167. The normalized spacial score (nSPS) is 13.6. The zero-order chi connectivity index (χ0) is 12.1. The third kappa shape index (κ3) is 32.1. The molecule has 1 aliphatic heterocycles. The van der Waals surface area contributed by atoms with Gasteiger partial charge in [-0.1, -0.05) is 0 Å². The molecule has 1 aliphatic rings. The molecule has 0 radical (unpaired) electrons. The summed E-state index contributed by atoms with van der Waals surface area (Å²) in [6.07, 6.45) is 0.750. The first-order valence-corrected chi connectivity index (χ1v) is 4.75. The van der Waals surface area contributed by atoms with Gasteiger partial charge in [0.1, 0.15) is 5.78 Å². The van der Waals surface area contributed by atoms with Crippen molar-refractivity contribution in [2.45, 2.75) is 13.8 Å². The van der Waals surface area contributed by atoms with Gasteiger partial charge in [0.05, 0.1) is 26.4 Å². The molecule has 0 atom stereocenters. The predicted molar refractivity (Wildman–Crippen MR) is 57.7 cm³/mol. The molecule has 1 saturated heterocycles. The van der Waals surface area contributed by atoms with E-state index in [-0.39, 0.29) is 5.78 Å². The topological polar surface area (TPSA) is 55.8 Å². The highest BCUT2D eigenvalue weighted by Crippen LogP contribution is 1.85. The van der Waals surface area contributed by atoms with Crippen molar-refractivity contribution in [2.24, 2.45) is 0 Å². The maximum absolute atomic E-state index is 9.44. The Bertz CT molecular complexity index is 140. The van der Waals surface area contributed by atoms with Crippen LogP contribution in [-0.4, -0.2) is 57.6 Å². The molecule has 0 N–H and O–H groups in total. The largest absolute Gasteiger partial charge is 0.377 e. The van der Waals surface area contributed by atoms with Crippen LogP contribution in [0.2, 0.25) is 0 Å². The van der Waals surface area contributed by atoms with E-state index in [1.807, 2.05) is 0 Å². The molecule has 1 heterocycles. The molecule has 0 aliphatic carbocycles. The summed E-state index contributed by atoms with van der Waals surface area (Å²) in [6.45, 7) is 6.17. The van der Waals surface area contributed by atoms with Crippen molar-refractivity contribution in [1.29, 1.82) is 0 Å². The summed E-state index contributed by atoms with van der Waals surface area (Å²) in [5, 5.41) is 0. The molecule has 0 aromatic heterocycles. The molecule has 5 heteroatoms. The average Bonchev–Trinajstić information content (AvgIpc) is 2.20. The van der Waals surface area contributed by atoms with E-state index in [0.29, 0.717) is 0 Å². The molecule has 1 rings (SSSR count). The van der Waals surface area contributed by atoms with Crippen LogP contribution in [0, 0.1) is 0 Å². The number of ketones is 1. The molecular formula is C10H21NO4. The van der Waals surface area contributed by atoms with Crippen LogP contribution in [-0.2, 0) is 19.1 Å². The molecule has 0 spiro atoms. The highest BCUT2D eigenvalue weighted by Gasteiger charge is 1.94. The lowest BCUT2D eigenvalue weighted by Crippen LogP contribution is -2.16. The van der Waals surface area contributed by atoms with Crippen LogP contribution >= 0.6 is 0 Å². The van der Waals surface area contributed by atoms with Gasteiger partial charge in [-0.15, -0.1) is 0 Å². The molecule has 90 valence electrons. The Kier molecular flexibility index (Phi) is 14.4. The van der Waals surface area contributed by atoms with Gasteiger partial charge in [-0.05, 0) is 13.8 Å². The highest BCUT2D eigenvalue weighted by atomic mass is 16.6. The van der Waals surface area contributed by atoms with Gasteiger partial charge in [0.15, 0.2) is 0 Å². The van der Waals surface area contributed by atoms with E-state index in [1.54, 1.807) is 14.1 Å². The van der Waals surface area contributed by atoms with Gasteiger partial charge in [0.2, 0.25) is 6.41 Å². The van der Waals surface area contributed by atoms with Crippen LogP contribution in [0.15, 0.2) is 0 Å². The standard InChI is InChI=1S/C4H8O2.C3H7NO.C3H6O/c1-2-6-4-3-5-1;1-4(2)3-5;1-3(2)4/h1-4H2;3H,1-2H3;1-2H3. The Balaban J connectivity index is 0. The first kappa shape index (κ1) is 16.5. The van der Waals surface area contributed by atoms with Gasteiger partial charge in [0.25, 0.3) is 0 Å². The smallest absolute Gasteiger partial charge is 0.209 e. The van der Waals surface area contributed by atoms with E-state index < -0.39 is 0 Å². The first-order valence-electron chi connectivity index (χ1n) is 4.75. The average molecular weight is 219 g/mol. The minimum Gasteiger partial charge on any atom is -0.377 e. The van der Waals surface area contributed by atoms with E-state index in [9.17, 15) is 9.59 Å². The lowest BCUT2D eigenvalue weighted by molar-refractivity contribution is -0.116. The number of rotatable bonds is 1. The van der Waals surface area contributed by atoms with Gasteiger partial charge in [-0.2, -0.15) is 0 Å². The monoisotopic (exact) mass is 219 g/mol. The van der Waals surface area contributed by atoms with Gasteiger partial charge < -0.3 is 19.2 Å². The second-order valence-electron chi connectivity index (χ2n) is 3.20. The van der Waals surface area contributed by atoms with Crippen LogP contribution in [0.25, 0.3) is 0 Å². The maximum Gasteiger partial charge on any atom is 0.209 e. The molecule has 0 aromatic carbocycles. The highest BCUT2D eigenvalue weighted by molar-refractivity contribution is 5.72. The molecular weight excluding hydrogens is 198 g/mol. The predicted octanol–water partition coefficient (Wildman–Crippen LogP) is 0.333. The molecule has 0 saturated carbocycles. The number of Topliss-reactive ketones (excluding diaryl/α,β-unsaturated/α-hetero) is 1. The van der Waals surface area contributed by atoms with E-state index in [4.69, 9.17) is 9.47 Å². The molecule has 5 nitrogen and oxygen atoms in total. The van der Waals surface area contributed by atoms with E-state index in [1.165, 1.54) is 18.7 Å². The number of carbonyl (C=O) groups is 2. The number of carbonyl (C=O) groups excluding carboxylic acids is 2. The summed E-state index contributed by atoms with van der Waals surface area (Å²) >= 11 is 0. The molecule has 0 unspecified atom stereocenters. The second kappa shape index (κ2) is 13.1. The summed E-state index contributed by atoms with van der Waals surface area (Å²) in [5.41, 5.74) is 0. The van der Waals surface area contributed by atoms with Crippen LogP contribution in [0.3, 0.4) is 0 Å². The molecule has 0 aromatic rings. The summed E-state index contributed by atoms with van der Waals surface area (Å²) < 4.78 is 9.89. The van der Waals surface area contributed by atoms with E-state index in [0.717, 1.165) is 32.8 Å². The fourth-order valence-electron chi connectivity index (χ4n) is 0.440. The maximum atomic E-state index is 9.44. The first-order chi connectivity index (χ1) is 7.00. The van der Waals surface area contributed by atoms with E-state index in [2.05, 4.69) is 0 Å². The quantitative estimate of drug-likeness (QED) is 0.596. The summed E-state index contributed by atoms with van der Waals surface area (Å²) in [6, 6.07) is 0. The molecule has 1 fully saturated rings. The Morgan fingerprint density at radius 2 is 1.27 bits per heavy atom. The number of amides is 1. The Morgan fingerprint density at radius 3 is 1.33 bits per heavy atom. The van der Waals surface area contributed by atoms with Crippen LogP contribution < -0.4 is 0 Å². The number of nitrogens with zero attached hydrogens (tertiary/aromatic N) is 1. The van der Waals surface area contributed by atoms with Crippen molar-refractivity contribution in [2.75, 3.05) is 40.5 Å². The van der Waals surface area contributed by atoms with Crippen molar-refractivity contribution in [3.63, 3.8) is 0 Å². The minimum absolute atomic E-state index is 0.167. The van der Waals surface area contributed by atoms with Crippen LogP contribution in [0.5, 0.6) is 0 Å². The molecule has 0 bridgehead atoms. The van der Waals surface area contributed by atoms with E-state index >= 15 is 0 Å². The van der Waals surface area contributed by atoms with Crippen molar-refractivity contribution in [3.8, 4) is 0 Å². The fourth-order valence-corrected chi connectivity index (χ4v) is 0.440. The Labute approximate surface area is 91.3 Å². The lowest BCUT2D eigenvalue weighted by atomic mass is 10.6. The third-order valence-electron chi connectivity index (χ3n) is 0.955. The van der Waals surface area contributed by atoms with Crippen molar-refractivity contribution < 1.29 is 19.1 Å². The molecule has 1 amide bonds. The Hall–Kier alpha value is -0.940. The minimum atomic E-state index is 0.167. The number of ether oxygens (including phenoxy) is 2. The Morgan fingerprint density at radius 1 is 1.07 bits per heavy atom. The van der Waals surface area contributed by atoms with Gasteiger partial charge in [0, 0.05) is 14.1 Å². The fraction of sp³-hybridized carbons (Fsp3) is 0.800. The van der Waals surface area contributed by atoms with Gasteiger partial charge >= 0.3 is 0 Å². The zero-order valence-electron chi connectivity index (χ0n) is 9.99. The van der Waals surface area contributed by atoms with Gasteiger partial charge in [-0.3, -0.25) is 4.79 Å². The van der Waals surface area contributed by atoms with Crippen molar-refractivity contribution in [3.05, 3.63) is 0 Å². The van der Waals surface area contributed by atoms with Crippen molar-refractivity contribution in [1.82, 2.24) is 4.90 Å². The number of hydrogen-bond acceptors (Lipinski definition) is 4. The van der Waals surface area contributed by atoms with Crippen LogP contribution in [0.1, 0.15) is 13.8 Å². The number of hydrogen-bond donors (Lipinski definition) is 0. The van der Waals surface area contributed by atoms with Gasteiger partial charge in [-0.25, -0.2) is 0 Å². The van der Waals surface area contributed by atoms with Crippen LogP contribution in [0.4, 0.5) is 0 Å². The summed E-state index contributed by atoms with van der Waals surface area (Å²) in [7, 11) is 3.38. The third-order valence-corrected chi connectivity index (χ3v) is 0.955. The SMILES string of the molecule is C1COCCO1.CC(C)=O.CN(C)C=O. The summed E-state index contributed by atoms with van der Waals surface area (Å²) in [4.78, 5) is 20.3.